The molecule has 10 heteroatoms. The Balaban J connectivity index is 1.42. The molecule has 2 aromatic rings. The van der Waals surface area contributed by atoms with E-state index in [-0.39, 0.29) is 31.7 Å². The molecule has 32 heavy (non-hydrogen) atoms. The molecular weight excluding hydrogens is 475 g/mol. The third kappa shape index (κ3) is 4.40. The Morgan fingerprint density at radius 2 is 1.97 bits per heavy atom. The molecule has 2 aromatic carbocycles. The van der Waals surface area contributed by atoms with Crippen molar-refractivity contribution in [2.75, 3.05) is 13.1 Å². The molecule has 1 heterocycles. The van der Waals surface area contributed by atoms with Crippen LogP contribution in [0.4, 0.5) is 0 Å². The Bertz CT molecular complexity index is 1110. The fraction of sp³-hybridized carbons (Fsp3) is 0.409. The highest BCUT2D eigenvalue weighted by Gasteiger charge is 2.70. The van der Waals surface area contributed by atoms with Crippen molar-refractivity contribution >= 4 is 39.4 Å². The van der Waals surface area contributed by atoms with Gasteiger partial charge in [0.1, 0.15) is 5.54 Å². The molecule has 2 aliphatic rings. The van der Waals surface area contributed by atoms with Gasteiger partial charge in [-0.2, -0.15) is 17.4 Å². The summed E-state index contributed by atoms with van der Waals surface area (Å²) in [4.78, 5) is 12.2. The maximum absolute atomic E-state index is 13.1. The number of nitrogens with zero attached hydrogens (tertiary/aromatic N) is 1. The summed E-state index contributed by atoms with van der Waals surface area (Å²) >= 11 is 12.1. The van der Waals surface area contributed by atoms with E-state index in [1.54, 1.807) is 25.1 Å². The molecule has 0 spiro atoms. The van der Waals surface area contributed by atoms with Gasteiger partial charge in [0.05, 0.1) is 12.7 Å². The van der Waals surface area contributed by atoms with Gasteiger partial charge in [0.25, 0.3) is 10.2 Å². The van der Waals surface area contributed by atoms with Gasteiger partial charge in [0.15, 0.2) is 0 Å². The van der Waals surface area contributed by atoms with Crippen molar-refractivity contribution in [1.82, 2.24) is 9.03 Å². The van der Waals surface area contributed by atoms with Crippen molar-refractivity contribution < 1.29 is 23.1 Å². The van der Waals surface area contributed by atoms with Gasteiger partial charge in [-0.25, -0.2) is 0 Å². The molecule has 4 rings (SSSR count). The third-order valence-corrected chi connectivity index (χ3v) is 8.54. The van der Waals surface area contributed by atoms with Gasteiger partial charge >= 0.3 is 5.97 Å². The van der Waals surface area contributed by atoms with Crippen LogP contribution in [-0.4, -0.2) is 48.5 Å². The second-order valence-electron chi connectivity index (χ2n) is 8.27. The summed E-state index contributed by atoms with van der Waals surface area (Å²) in [5.41, 5.74) is 0.00101. The predicted molar refractivity (Wildman–Crippen MR) is 122 cm³/mol. The zero-order valence-electron chi connectivity index (χ0n) is 17.4. The lowest BCUT2D eigenvalue weighted by Gasteiger charge is -2.22. The number of hydrogen-bond donors (Lipinski definition) is 2. The zero-order valence-corrected chi connectivity index (χ0v) is 19.7. The maximum atomic E-state index is 13.1. The van der Waals surface area contributed by atoms with Crippen LogP contribution in [0, 0.1) is 5.92 Å². The smallest absolute Gasteiger partial charge is 0.325 e. The number of aliphatic carboxylic acids is 1. The largest absolute Gasteiger partial charge is 0.480 e. The molecule has 1 aliphatic heterocycles. The van der Waals surface area contributed by atoms with Crippen LogP contribution in [0.25, 0.3) is 0 Å². The number of ether oxygens (including phenoxy) is 1. The molecule has 1 saturated carbocycles. The number of halogens is 2. The molecule has 1 saturated heterocycles. The number of hydrogen-bond acceptors (Lipinski definition) is 4. The van der Waals surface area contributed by atoms with Crippen LogP contribution in [0.1, 0.15) is 30.4 Å². The molecule has 0 bridgehead atoms. The SMILES string of the molecule is C[C@@H]1[C@H](c2ccccc2)[C@]1(NS(=O)(=O)N1CCC(OCc2ccc(Cl)cc2Cl)C1)C(=O)O. The zero-order chi connectivity index (χ0) is 23.1. The van der Waals surface area contributed by atoms with E-state index in [0.717, 1.165) is 11.1 Å². The van der Waals surface area contributed by atoms with Crippen molar-refractivity contribution in [2.24, 2.45) is 5.92 Å². The summed E-state index contributed by atoms with van der Waals surface area (Å²) in [6, 6.07) is 14.2. The Morgan fingerprint density at radius 3 is 2.62 bits per heavy atom. The standard InChI is InChI=1S/C22H24Cl2N2O5S/c1-14-20(15-5-3-2-4-6-15)22(14,21(27)28)25-32(29,30)26-10-9-18(12-26)31-13-16-7-8-17(23)11-19(16)24/h2-8,11,14,18,20,25H,9-10,12-13H2,1H3,(H,27,28)/t14-,18?,20-,22+/m1/s1. The highest BCUT2D eigenvalue weighted by molar-refractivity contribution is 7.87. The number of carboxylic acids is 1. The number of benzene rings is 2. The Labute approximate surface area is 197 Å². The van der Waals surface area contributed by atoms with Gasteiger partial charge in [-0.3, -0.25) is 4.79 Å². The van der Waals surface area contributed by atoms with Gasteiger partial charge in [-0.05, 0) is 35.6 Å². The first-order valence-electron chi connectivity index (χ1n) is 10.3. The lowest BCUT2D eigenvalue weighted by Crippen LogP contribution is -2.51. The van der Waals surface area contributed by atoms with Crippen LogP contribution < -0.4 is 4.72 Å². The van der Waals surface area contributed by atoms with Gasteiger partial charge < -0.3 is 9.84 Å². The van der Waals surface area contributed by atoms with Crippen LogP contribution in [0.3, 0.4) is 0 Å². The number of nitrogens with one attached hydrogen (secondary N) is 1. The van der Waals surface area contributed by atoms with Gasteiger partial charge in [-0.1, -0.05) is 66.5 Å². The first-order valence-corrected chi connectivity index (χ1v) is 12.5. The van der Waals surface area contributed by atoms with Crippen molar-refractivity contribution in [3.8, 4) is 0 Å². The fourth-order valence-corrected chi connectivity index (χ4v) is 6.60. The van der Waals surface area contributed by atoms with Gasteiger partial charge in [-0.15, -0.1) is 0 Å². The van der Waals surface area contributed by atoms with Crippen LogP contribution in [0.2, 0.25) is 10.0 Å². The second kappa shape index (κ2) is 8.93. The van der Waals surface area contributed by atoms with E-state index in [4.69, 9.17) is 27.9 Å². The summed E-state index contributed by atoms with van der Waals surface area (Å²) in [6.45, 7) is 2.36. The minimum atomic E-state index is -4.02. The minimum Gasteiger partial charge on any atom is -0.480 e. The number of rotatable bonds is 8. The van der Waals surface area contributed by atoms with E-state index >= 15 is 0 Å². The molecule has 172 valence electrons. The third-order valence-electron chi connectivity index (χ3n) is 6.35. The minimum absolute atomic E-state index is 0.140. The first kappa shape index (κ1) is 23.5. The summed E-state index contributed by atoms with van der Waals surface area (Å²) in [5.74, 6) is -1.98. The van der Waals surface area contributed by atoms with E-state index in [2.05, 4.69) is 4.72 Å². The second-order valence-corrected chi connectivity index (χ2v) is 10.8. The van der Waals surface area contributed by atoms with E-state index in [1.807, 2.05) is 30.3 Å². The van der Waals surface area contributed by atoms with E-state index in [9.17, 15) is 18.3 Å². The number of carboxylic acid groups (broad SMARTS) is 1. The van der Waals surface area contributed by atoms with Gasteiger partial charge in [0, 0.05) is 29.1 Å². The molecule has 0 radical (unpaired) electrons. The lowest BCUT2D eigenvalue weighted by molar-refractivity contribution is -0.140. The van der Waals surface area contributed by atoms with Crippen molar-refractivity contribution in [3.63, 3.8) is 0 Å². The molecule has 0 aromatic heterocycles. The lowest BCUT2D eigenvalue weighted by atomic mass is 10.1. The maximum Gasteiger partial charge on any atom is 0.325 e. The molecule has 1 unspecified atom stereocenters. The van der Waals surface area contributed by atoms with Crippen LogP contribution >= 0.6 is 23.2 Å². The quantitative estimate of drug-likeness (QED) is 0.578. The van der Waals surface area contributed by atoms with E-state index < -0.39 is 27.6 Å². The van der Waals surface area contributed by atoms with Crippen LogP contribution in [0.5, 0.6) is 0 Å². The van der Waals surface area contributed by atoms with E-state index in [0.29, 0.717) is 16.5 Å². The number of carbonyl (C=O) groups is 1. The van der Waals surface area contributed by atoms with Crippen molar-refractivity contribution in [2.45, 2.75) is 37.5 Å². The summed E-state index contributed by atoms with van der Waals surface area (Å²) in [5, 5.41) is 10.9. The Hall–Kier alpha value is -1.68. The monoisotopic (exact) mass is 498 g/mol. The van der Waals surface area contributed by atoms with E-state index in [1.165, 1.54) is 4.31 Å². The average molecular weight is 499 g/mol. The molecule has 1 aliphatic carbocycles. The summed E-state index contributed by atoms with van der Waals surface area (Å²) < 4.78 is 35.8. The molecule has 2 N–H and O–H groups in total. The predicted octanol–water partition coefficient (Wildman–Crippen LogP) is 3.68. The first-order chi connectivity index (χ1) is 15.1. The Kier molecular flexibility index (Phi) is 6.55. The fourth-order valence-electron chi connectivity index (χ4n) is 4.48. The molecule has 7 nitrogen and oxygen atoms in total. The normalized spacial score (nSPS) is 28.0. The van der Waals surface area contributed by atoms with Gasteiger partial charge in [0.2, 0.25) is 0 Å². The molecule has 4 atom stereocenters. The average Bonchev–Trinajstić information content (AvgIpc) is 3.09. The topological polar surface area (TPSA) is 95.9 Å². The highest BCUT2D eigenvalue weighted by Crippen LogP contribution is 2.58. The van der Waals surface area contributed by atoms with Crippen LogP contribution in [0.15, 0.2) is 48.5 Å². The van der Waals surface area contributed by atoms with Crippen molar-refractivity contribution in [1.29, 1.82) is 0 Å². The Morgan fingerprint density at radius 1 is 1.25 bits per heavy atom. The molecule has 2 fully saturated rings. The highest BCUT2D eigenvalue weighted by atomic mass is 35.5. The van der Waals surface area contributed by atoms with Crippen LogP contribution in [-0.2, 0) is 26.3 Å². The molecular formula is C22H24Cl2N2O5S. The van der Waals surface area contributed by atoms with Crippen molar-refractivity contribution in [3.05, 3.63) is 69.7 Å². The summed E-state index contributed by atoms with van der Waals surface area (Å²) in [6.07, 6.45) is 0.185. The summed E-state index contributed by atoms with van der Waals surface area (Å²) in [7, 11) is -4.02. The molecule has 0 amide bonds.